The first-order chi connectivity index (χ1) is 13.6. The second-order valence-corrected chi connectivity index (χ2v) is 6.57. The lowest BCUT2D eigenvalue weighted by Crippen LogP contribution is -2.33. The molecule has 0 spiro atoms. The Morgan fingerprint density at radius 1 is 1.11 bits per heavy atom. The lowest BCUT2D eigenvalue weighted by molar-refractivity contribution is -0.121. The molecular weight excluding hydrogens is 358 g/mol. The van der Waals surface area contributed by atoms with Crippen molar-refractivity contribution in [1.82, 2.24) is 0 Å². The van der Waals surface area contributed by atoms with Crippen LogP contribution in [0.3, 0.4) is 0 Å². The van der Waals surface area contributed by atoms with E-state index < -0.39 is 5.97 Å². The summed E-state index contributed by atoms with van der Waals surface area (Å²) >= 11 is 0. The molecule has 3 rings (SSSR count). The van der Waals surface area contributed by atoms with Gasteiger partial charge < -0.3 is 19.1 Å². The number of anilines is 1. The molecule has 1 amide bonds. The summed E-state index contributed by atoms with van der Waals surface area (Å²) in [5.74, 6) is 0.242. The molecule has 2 aromatic rings. The third-order valence-corrected chi connectivity index (χ3v) is 4.67. The maximum atomic E-state index is 12.5. The maximum absolute atomic E-state index is 12.5. The maximum Gasteiger partial charge on any atom is 0.338 e. The van der Waals surface area contributed by atoms with E-state index in [4.69, 9.17) is 14.2 Å². The standard InChI is InChI=1S/C22H25NO5/c1-3-4-13-27-19-10-9-17(14-20(19)26-2)22(25)28-15-21(24)23-12-11-16-7-5-6-8-18(16)23/h5-10,14H,3-4,11-13,15H2,1-2H3. The number of fused-ring (bicyclic) bond motifs is 1. The molecule has 0 N–H and O–H groups in total. The van der Waals surface area contributed by atoms with Crippen LogP contribution in [0.15, 0.2) is 42.5 Å². The predicted octanol–water partition coefficient (Wildman–Crippen LogP) is 3.62. The van der Waals surface area contributed by atoms with Gasteiger partial charge in [-0.3, -0.25) is 4.79 Å². The van der Waals surface area contributed by atoms with Crippen LogP contribution in [0.25, 0.3) is 0 Å². The van der Waals surface area contributed by atoms with Crippen molar-refractivity contribution < 1.29 is 23.8 Å². The van der Waals surface area contributed by atoms with Crippen LogP contribution >= 0.6 is 0 Å². The Balaban J connectivity index is 1.59. The Kier molecular flexibility index (Phi) is 6.53. The van der Waals surface area contributed by atoms with Gasteiger partial charge in [0, 0.05) is 12.2 Å². The van der Waals surface area contributed by atoms with Crippen LogP contribution in [0.2, 0.25) is 0 Å². The smallest absolute Gasteiger partial charge is 0.338 e. The molecule has 28 heavy (non-hydrogen) atoms. The van der Waals surface area contributed by atoms with E-state index in [0.717, 1.165) is 30.5 Å². The number of esters is 1. The monoisotopic (exact) mass is 383 g/mol. The number of hydrogen-bond acceptors (Lipinski definition) is 5. The average molecular weight is 383 g/mol. The van der Waals surface area contributed by atoms with Crippen LogP contribution in [-0.2, 0) is 16.0 Å². The Hall–Kier alpha value is -3.02. The Morgan fingerprint density at radius 3 is 2.71 bits per heavy atom. The zero-order chi connectivity index (χ0) is 19.9. The fourth-order valence-electron chi connectivity index (χ4n) is 3.13. The van der Waals surface area contributed by atoms with E-state index in [2.05, 4.69) is 6.92 Å². The fraction of sp³-hybridized carbons (Fsp3) is 0.364. The van der Waals surface area contributed by atoms with Gasteiger partial charge in [0.25, 0.3) is 5.91 Å². The second kappa shape index (κ2) is 9.26. The molecule has 0 saturated heterocycles. The Bertz CT molecular complexity index is 849. The van der Waals surface area contributed by atoms with Gasteiger partial charge in [-0.25, -0.2) is 4.79 Å². The Labute approximate surface area is 165 Å². The molecule has 1 aliphatic heterocycles. The highest BCUT2D eigenvalue weighted by Crippen LogP contribution is 2.29. The third kappa shape index (κ3) is 4.44. The molecule has 0 bridgehead atoms. The molecule has 0 aliphatic carbocycles. The first-order valence-electron chi connectivity index (χ1n) is 9.50. The van der Waals surface area contributed by atoms with Crippen molar-refractivity contribution in [1.29, 1.82) is 0 Å². The lowest BCUT2D eigenvalue weighted by Gasteiger charge is -2.17. The molecule has 6 heteroatoms. The molecular formula is C22H25NO5. The number of carbonyl (C=O) groups is 2. The number of para-hydroxylation sites is 1. The first-order valence-corrected chi connectivity index (χ1v) is 9.50. The molecule has 0 atom stereocenters. The molecule has 1 heterocycles. The molecule has 0 aromatic heterocycles. The second-order valence-electron chi connectivity index (χ2n) is 6.57. The van der Waals surface area contributed by atoms with Crippen LogP contribution in [0.1, 0.15) is 35.7 Å². The predicted molar refractivity (Wildman–Crippen MR) is 106 cm³/mol. The highest BCUT2D eigenvalue weighted by atomic mass is 16.5. The van der Waals surface area contributed by atoms with Gasteiger partial charge in [-0.2, -0.15) is 0 Å². The topological polar surface area (TPSA) is 65.1 Å². The number of ether oxygens (including phenoxy) is 3. The number of rotatable bonds is 8. The van der Waals surface area contributed by atoms with E-state index in [9.17, 15) is 9.59 Å². The lowest BCUT2D eigenvalue weighted by atomic mass is 10.2. The number of methoxy groups -OCH3 is 1. The summed E-state index contributed by atoms with van der Waals surface area (Å²) < 4.78 is 16.2. The average Bonchev–Trinajstić information content (AvgIpc) is 3.16. The summed E-state index contributed by atoms with van der Waals surface area (Å²) in [7, 11) is 1.52. The summed E-state index contributed by atoms with van der Waals surface area (Å²) in [5.41, 5.74) is 2.33. The number of benzene rings is 2. The molecule has 6 nitrogen and oxygen atoms in total. The van der Waals surface area contributed by atoms with E-state index in [1.165, 1.54) is 7.11 Å². The van der Waals surface area contributed by atoms with Crippen LogP contribution < -0.4 is 14.4 Å². The summed E-state index contributed by atoms with van der Waals surface area (Å²) in [6, 6.07) is 12.6. The highest BCUT2D eigenvalue weighted by molar-refractivity contribution is 5.98. The van der Waals surface area contributed by atoms with Crippen LogP contribution in [-0.4, -0.2) is 38.7 Å². The van der Waals surface area contributed by atoms with Crippen molar-refractivity contribution in [2.75, 3.05) is 31.8 Å². The largest absolute Gasteiger partial charge is 0.493 e. The molecule has 0 fully saturated rings. The summed E-state index contributed by atoms with van der Waals surface area (Å²) in [6.07, 6.45) is 2.78. The highest BCUT2D eigenvalue weighted by Gasteiger charge is 2.25. The number of carbonyl (C=O) groups excluding carboxylic acids is 2. The third-order valence-electron chi connectivity index (χ3n) is 4.67. The van der Waals surface area contributed by atoms with Crippen LogP contribution in [0.5, 0.6) is 11.5 Å². The minimum atomic E-state index is -0.570. The van der Waals surface area contributed by atoms with Crippen molar-refractivity contribution >= 4 is 17.6 Å². The zero-order valence-electron chi connectivity index (χ0n) is 16.3. The number of unbranched alkanes of at least 4 members (excludes halogenated alkanes) is 1. The van der Waals surface area contributed by atoms with Crippen LogP contribution in [0.4, 0.5) is 5.69 Å². The molecule has 0 unspecified atom stereocenters. The van der Waals surface area contributed by atoms with Crippen molar-refractivity contribution in [3.63, 3.8) is 0 Å². The van der Waals surface area contributed by atoms with Gasteiger partial charge in [-0.05, 0) is 42.7 Å². The van der Waals surface area contributed by atoms with Crippen molar-refractivity contribution in [2.45, 2.75) is 26.2 Å². The van der Waals surface area contributed by atoms with Gasteiger partial charge in [-0.15, -0.1) is 0 Å². The SMILES string of the molecule is CCCCOc1ccc(C(=O)OCC(=O)N2CCc3ccccc32)cc1OC. The van der Waals surface area contributed by atoms with E-state index in [1.807, 2.05) is 24.3 Å². The minimum Gasteiger partial charge on any atom is -0.493 e. The van der Waals surface area contributed by atoms with Crippen molar-refractivity contribution in [2.24, 2.45) is 0 Å². The van der Waals surface area contributed by atoms with E-state index in [-0.39, 0.29) is 12.5 Å². The van der Waals surface area contributed by atoms with Crippen molar-refractivity contribution in [3.8, 4) is 11.5 Å². The minimum absolute atomic E-state index is 0.232. The van der Waals surface area contributed by atoms with E-state index in [1.54, 1.807) is 23.1 Å². The molecule has 0 radical (unpaired) electrons. The van der Waals surface area contributed by atoms with Gasteiger partial charge >= 0.3 is 5.97 Å². The quantitative estimate of drug-likeness (QED) is 0.515. The van der Waals surface area contributed by atoms with E-state index in [0.29, 0.717) is 30.2 Å². The fourth-order valence-corrected chi connectivity index (χ4v) is 3.13. The van der Waals surface area contributed by atoms with Crippen molar-refractivity contribution in [3.05, 3.63) is 53.6 Å². The van der Waals surface area contributed by atoms with E-state index >= 15 is 0 Å². The number of hydrogen-bond donors (Lipinski definition) is 0. The number of amides is 1. The van der Waals surface area contributed by atoms with Crippen LogP contribution in [0, 0.1) is 0 Å². The zero-order valence-corrected chi connectivity index (χ0v) is 16.3. The first kappa shape index (κ1) is 19.7. The molecule has 1 aliphatic rings. The Morgan fingerprint density at radius 2 is 1.93 bits per heavy atom. The summed E-state index contributed by atoms with van der Waals surface area (Å²) in [4.78, 5) is 26.5. The van der Waals surface area contributed by atoms with Gasteiger partial charge in [0.2, 0.25) is 0 Å². The van der Waals surface area contributed by atoms with Gasteiger partial charge in [0.05, 0.1) is 19.3 Å². The van der Waals surface area contributed by atoms with Gasteiger partial charge in [0.15, 0.2) is 18.1 Å². The number of nitrogens with zero attached hydrogens (tertiary/aromatic N) is 1. The molecule has 0 saturated carbocycles. The molecule has 148 valence electrons. The summed E-state index contributed by atoms with van der Waals surface area (Å²) in [5, 5.41) is 0. The van der Waals surface area contributed by atoms with Gasteiger partial charge in [0.1, 0.15) is 0 Å². The summed E-state index contributed by atoms with van der Waals surface area (Å²) in [6.45, 7) is 2.97. The van der Waals surface area contributed by atoms with Gasteiger partial charge in [-0.1, -0.05) is 31.5 Å². The normalized spacial score (nSPS) is 12.4. The molecule has 2 aromatic carbocycles.